The predicted molar refractivity (Wildman–Crippen MR) is 67.9 cm³/mol. The van der Waals surface area contributed by atoms with Crippen LogP contribution in [0.4, 0.5) is 5.69 Å². The van der Waals surface area contributed by atoms with Crippen LogP contribution in [-0.2, 0) is 0 Å². The summed E-state index contributed by atoms with van der Waals surface area (Å²) >= 11 is 0. The van der Waals surface area contributed by atoms with Crippen LogP contribution < -0.4 is 14.5 Å². The van der Waals surface area contributed by atoms with Crippen LogP contribution in [0.2, 0.25) is 0 Å². The molecule has 0 saturated carbocycles. The van der Waals surface area contributed by atoms with Gasteiger partial charge >= 0.3 is 0 Å². The fourth-order valence-electron chi connectivity index (χ4n) is 1.82. The van der Waals surface area contributed by atoms with Crippen molar-refractivity contribution in [2.24, 2.45) is 5.10 Å². The molecule has 0 radical (unpaired) electrons. The number of hydrogen-bond acceptors (Lipinski definition) is 5. The molecule has 1 aliphatic rings. The molecule has 0 atom stereocenters. The molecular weight excluding hydrogens is 218 g/mol. The Morgan fingerprint density at radius 2 is 1.82 bits per heavy atom. The number of benzene rings is 1. The van der Waals surface area contributed by atoms with Crippen LogP contribution in [0, 0.1) is 6.92 Å². The third-order valence-corrected chi connectivity index (χ3v) is 2.73. The molecule has 0 aliphatic carbocycles. The van der Waals surface area contributed by atoms with Crippen molar-refractivity contribution in [2.75, 3.05) is 32.9 Å². The zero-order chi connectivity index (χ0) is 12.4. The monoisotopic (exact) mass is 235 g/mol. The second kappa shape index (κ2) is 4.53. The third kappa shape index (κ3) is 2.13. The molecule has 0 spiro atoms. The lowest BCUT2D eigenvalue weighted by Gasteiger charge is -2.20. The maximum absolute atomic E-state index is 5.30. The van der Waals surface area contributed by atoms with Gasteiger partial charge in [-0.15, -0.1) is 0 Å². The summed E-state index contributed by atoms with van der Waals surface area (Å²) in [7, 11) is 5.26. The molecule has 17 heavy (non-hydrogen) atoms. The van der Waals surface area contributed by atoms with Crippen LogP contribution in [0.3, 0.4) is 0 Å². The quantitative estimate of drug-likeness (QED) is 0.798. The minimum Gasteiger partial charge on any atom is -0.493 e. The molecule has 5 heteroatoms. The molecule has 5 nitrogen and oxygen atoms in total. The van der Waals surface area contributed by atoms with Gasteiger partial charge < -0.3 is 14.4 Å². The van der Waals surface area contributed by atoms with E-state index in [1.807, 2.05) is 36.0 Å². The molecule has 1 aromatic rings. The van der Waals surface area contributed by atoms with Gasteiger partial charge in [0.25, 0.3) is 0 Å². The van der Waals surface area contributed by atoms with Gasteiger partial charge in [-0.05, 0) is 18.6 Å². The molecule has 1 heterocycles. The van der Waals surface area contributed by atoms with E-state index in [1.165, 1.54) is 0 Å². The topological polar surface area (TPSA) is 37.3 Å². The van der Waals surface area contributed by atoms with Crippen LogP contribution in [0.25, 0.3) is 0 Å². The zero-order valence-electron chi connectivity index (χ0n) is 10.6. The van der Waals surface area contributed by atoms with Crippen molar-refractivity contribution in [3.63, 3.8) is 0 Å². The number of nitrogens with zero attached hydrogens (tertiary/aromatic N) is 3. The maximum Gasteiger partial charge on any atom is 0.162 e. The molecule has 0 unspecified atom stereocenters. The SMILES string of the molecule is COc1cc(C)c(N2CN(C)C=N2)cc1OC. The highest BCUT2D eigenvalue weighted by molar-refractivity contribution is 5.67. The van der Waals surface area contributed by atoms with Crippen LogP contribution in [0.1, 0.15) is 5.56 Å². The average Bonchev–Trinajstić information content (AvgIpc) is 2.75. The largest absolute Gasteiger partial charge is 0.493 e. The number of methoxy groups -OCH3 is 2. The van der Waals surface area contributed by atoms with Gasteiger partial charge in [0, 0.05) is 13.1 Å². The van der Waals surface area contributed by atoms with Crippen LogP contribution in [-0.4, -0.2) is 39.2 Å². The van der Waals surface area contributed by atoms with Crippen LogP contribution in [0.5, 0.6) is 11.5 Å². The minimum atomic E-state index is 0.720. The molecule has 0 aromatic heterocycles. The highest BCUT2D eigenvalue weighted by atomic mass is 16.5. The summed E-state index contributed by atoms with van der Waals surface area (Å²) in [5.74, 6) is 1.46. The van der Waals surface area contributed by atoms with E-state index in [0.717, 1.165) is 29.4 Å². The molecule has 0 saturated heterocycles. The first-order valence-electron chi connectivity index (χ1n) is 5.40. The second-order valence-electron chi connectivity index (χ2n) is 4.02. The third-order valence-electron chi connectivity index (χ3n) is 2.73. The number of ether oxygens (including phenoxy) is 2. The Morgan fingerprint density at radius 1 is 1.18 bits per heavy atom. The standard InChI is InChI=1S/C12H17N3O2/c1-9-5-11(16-3)12(17-4)6-10(9)15-8-14(2)7-13-15/h5-7H,8H2,1-4H3. The van der Waals surface area contributed by atoms with Crippen molar-refractivity contribution in [2.45, 2.75) is 6.92 Å². The Bertz CT molecular complexity index is 446. The first-order valence-corrected chi connectivity index (χ1v) is 5.40. The van der Waals surface area contributed by atoms with Gasteiger partial charge in [0.2, 0.25) is 0 Å². The van der Waals surface area contributed by atoms with E-state index in [9.17, 15) is 0 Å². The van der Waals surface area contributed by atoms with Crippen molar-refractivity contribution in [3.05, 3.63) is 17.7 Å². The summed E-state index contributed by atoms with van der Waals surface area (Å²) in [6.07, 6.45) is 1.80. The van der Waals surface area contributed by atoms with Gasteiger partial charge in [0.1, 0.15) is 13.0 Å². The van der Waals surface area contributed by atoms with Crippen molar-refractivity contribution >= 4 is 12.0 Å². The van der Waals surface area contributed by atoms with Gasteiger partial charge in [0.15, 0.2) is 11.5 Å². The molecule has 0 bridgehead atoms. The molecule has 1 aliphatic heterocycles. The summed E-state index contributed by atoms with van der Waals surface area (Å²) in [4.78, 5) is 2.01. The highest BCUT2D eigenvalue weighted by Gasteiger charge is 2.17. The maximum atomic E-state index is 5.30. The summed E-state index contributed by atoms with van der Waals surface area (Å²) in [5.41, 5.74) is 2.14. The van der Waals surface area contributed by atoms with Crippen LogP contribution >= 0.6 is 0 Å². The van der Waals surface area contributed by atoms with Crippen molar-refractivity contribution in [3.8, 4) is 11.5 Å². The Morgan fingerprint density at radius 3 is 2.35 bits per heavy atom. The summed E-state index contributed by atoms with van der Waals surface area (Å²) in [6, 6.07) is 3.91. The van der Waals surface area contributed by atoms with Gasteiger partial charge in [-0.2, -0.15) is 5.10 Å². The molecule has 0 N–H and O–H groups in total. The molecular formula is C12H17N3O2. The van der Waals surface area contributed by atoms with Gasteiger partial charge in [-0.1, -0.05) is 0 Å². The minimum absolute atomic E-state index is 0.720. The number of aryl methyl sites for hydroxylation is 1. The lowest BCUT2D eigenvalue weighted by atomic mass is 10.1. The van der Waals surface area contributed by atoms with Crippen molar-refractivity contribution < 1.29 is 9.47 Å². The second-order valence-corrected chi connectivity index (χ2v) is 4.02. The highest BCUT2D eigenvalue weighted by Crippen LogP contribution is 2.35. The molecule has 92 valence electrons. The number of hydrogen-bond donors (Lipinski definition) is 0. The zero-order valence-corrected chi connectivity index (χ0v) is 10.6. The first-order chi connectivity index (χ1) is 8.15. The predicted octanol–water partition coefficient (Wildman–Crippen LogP) is 1.66. The van der Waals surface area contributed by atoms with E-state index in [2.05, 4.69) is 5.10 Å². The number of rotatable bonds is 3. The van der Waals surface area contributed by atoms with Gasteiger partial charge in [0.05, 0.1) is 19.9 Å². The summed E-state index contributed by atoms with van der Waals surface area (Å²) in [6.45, 7) is 2.78. The smallest absolute Gasteiger partial charge is 0.162 e. The lowest BCUT2D eigenvalue weighted by Crippen LogP contribution is -2.23. The molecule has 0 amide bonds. The lowest BCUT2D eigenvalue weighted by molar-refractivity contribution is 0.354. The molecule has 0 fully saturated rings. The van der Waals surface area contributed by atoms with E-state index in [4.69, 9.17) is 9.47 Å². The van der Waals surface area contributed by atoms with E-state index in [0.29, 0.717) is 0 Å². The Kier molecular flexibility index (Phi) is 3.08. The van der Waals surface area contributed by atoms with Crippen LogP contribution in [0.15, 0.2) is 17.2 Å². The molecule has 1 aromatic carbocycles. The Hall–Kier alpha value is -1.91. The van der Waals surface area contributed by atoms with Gasteiger partial charge in [-0.25, -0.2) is 5.01 Å². The molecule has 2 rings (SSSR count). The van der Waals surface area contributed by atoms with Crippen molar-refractivity contribution in [1.29, 1.82) is 0 Å². The van der Waals surface area contributed by atoms with E-state index >= 15 is 0 Å². The van der Waals surface area contributed by atoms with Crippen molar-refractivity contribution in [1.82, 2.24) is 4.90 Å². The summed E-state index contributed by atoms with van der Waals surface area (Å²) in [5, 5.41) is 6.24. The van der Waals surface area contributed by atoms with E-state index in [1.54, 1.807) is 20.6 Å². The van der Waals surface area contributed by atoms with Gasteiger partial charge in [-0.3, -0.25) is 0 Å². The fourth-order valence-corrected chi connectivity index (χ4v) is 1.82. The number of anilines is 1. The Balaban J connectivity index is 2.38. The fraction of sp³-hybridized carbons (Fsp3) is 0.417. The van der Waals surface area contributed by atoms with E-state index in [-0.39, 0.29) is 0 Å². The summed E-state index contributed by atoms with van der Waals surface area (Å²) < 4.78 is 10.6. The van der Waals surface area contributed by atoms with E-state index < -0.39 is 0 Å². The Labute approximate surface area is 101 Å². The normalized spacial score (nSPS) is 14.4. The average molecular weight is 235 g/mol. The number of hydrazone groups is 1. The first kappa shape index (κ1) is 11.6.